The molecule has 0 saturated heterocycles. The number of aryl methyl sites for hydroxylation is 1. The summed E-state index contributed by atoms with van der Waals surface area (Å²) in [7, 11) is 0. The van der Waals surface area contributed by atoms with Gasteiger partial charge in [-0.2, -0.15) is 4.98 Å². The summed E-state index contributed by atoms with van der Waals surface area (Å²) in [6.07, 6.45) is 2.60. The molecule has 0 fully saturated rings. The maximum absolute atomic E-state index is 5.67. The van der Waals surface area contributed by atoms with Gasteiger partial charge in [0.05, 0.1) is 0 Å². The van der Waals surface area contributed by atoms with Gasteiger partial charge in [0.15, 0.2) is 0 Å². The fourth-order valence-electron chi connectivity index (χ4n) is 1.65. The maximum Gasteiger partial charge on any atom is 0.248 e. The van der Waals surface area contributed by atoms with Gasteiger partial charge in [-0.05, 0) is 6.08 Å². The molecule has 5 nitrogen and oxygen atoms in total. The Labute approximate surface area is 91.9 Å². The summed E-state index contributed by atoms with van der Waals surface area (Å²) in [5, 5.41) is 0. The van der Waals surface area contributed by atoms with Gasteiger partial charge in [0, 0.05) is 18.2 Å². The summed E-state index contributed by atoms with van der Waals surface area (Å²) in [6, 6.07) is 1.89. The van der Waals surface area contributed by atoms with E-state index >= 15 is 0 Å². The van der Waals surface area contributed by atoms with Gasteiger partial charge in [-0.15, -0.1) is 0 Å². The first kappa shape index (κ1) is 9.21. The summed E-state index contributed by atoms with van der Waals surface area (Å²) in [5.41, 5.74) is 8.25. The van der Waals surface area contributed by atoms with Crippen molar-refractivity contribution in [2.75, 3.05) is 6.61 Å². The largest absolute Gasteiger partial charge is 0.470 e. The highest BCUT2D eigenvalue weighted by Gasteiger charge is 2.16. The zero-order valence-electron chi connectivity index (χ0n) is 8.86. The normalized spacial score (nSPS) is 14.4. The zero-order valence-corrected chi connectivity index (χ0v) is 8.86. The number of hydrogen-bond donors (Lipinski definition) is 1. The molecule has 0 radical (unpaired) electrons. The quantitative estimate of drug-likeness (QED) is 0.783. The van der Waals surface area contributed by atoms with E-state index < -0.39 is 0 Å². The molecule has 0 aromatic carbocycles. The van der Waals surface area contributed by atoms with Crippen LogP contribution < -0.4 is 10.5 Å². The third-order valence-corrected chi connectivity index (χ3v) is 2.45. The maximum atomic E-state index is 5.67. The van der Waals surface area contributed by atoms with E-state index in [1.54, 1.807) is 6.08 Å². The highest BCUT2D eigenvalue weighted by atomic mass is 16.5. The van der Waals surface area contributed by atoms with Crippen LogP contribution in [0.3, 0.4) is 0 Å². The third kappa shape index (κ3) is 1.32. The van der Waals surface area contributed by atoms with Crippen molar-refractivity contribution in [3.05, 3.63) is 23.2 Å². The van der Waals surface area contributed by atoms with Crippen molar-refractivity contribution in [3.8, 4) is 5.88 Å². The van der Waals surface area contributed by atoms with Crippen molar-refractivity contribution < 1.29 is 9.15 Å². The smallest absolute Gasteiger partial charge is 0.248 e. The lowest BCUT2D eigenvalue weighted by Gasteiger charge is -2.12. The van der Waals surface area contributed by atoms with Crippen molar-refractivity contribution in [2.45, 2.75) is 13.3 Å². The molecular weight excluding hydrogens is 206 g/mol. The number of hydrogen-bond acceptors (Lipinski definition) is 5. The predicted molar refractivity (Wildman–Crippen MR) is 58.8 cm³/mol. The molecule has 3 heterocycles. The van der Waals surface area contributed by atoms with Crippen molar-refractivity contribution in [1.82, 2.24) is 9.97 Å². The average molecular weight is 217 g/mol. The van der Waals surface area contributed by atoms with Crippen LogP contribution in [0.1, 0.15) is 18.4 Å². The number of nitrogens with zero attached hydrogens (tertiary/aromatic N) is 2. The Morgan fingerprint density at radius 3 is 3.12 bits per heavy atom. The molecule has 1 aliphatic heterocycles. The molecule has 0 bridgehead atoms. The van der Waals surface area contributed by atoms with E-state index in [9.17, 15) is 0 Å². The molecule has 2 aromatic heterocycles. The second-order valence-electron chi connectivity index (χ2n) is 3.68. The number of furan rings is 1. The molecule has 1 aliphatic rings. The fraction of sp³-hybridized carbons (Fsp3) is 0.273. The van der Waals surface area contributed by atoms with E-state index in [0.29, 0.717) is 29.6 Å². The van der Waals surface area contributed by atoms with Gasteiger partial charge in [0.2, 0.25) is 11.6 Å². The van der Waals surface area contributed by atoms with E-state index in [0.717, 1.165) is 17.7 Å². The lowest BCUT2D eigenvalue weighted by atomic mass is 10.3. The molecule has 82 valence electrons. The Kier molecular flexibility index (Phi) is 1.86. The van der Waals surface area contributed by atoms with E-state index in [1.807, 2.05) is 13.0 Å². The summed E-state index contributed by atoms with van der Waals surface area (Å²) in [6.45, 7) is 2.38. The standard InChI is InChI=1S/C11H11N3O2/c1-2-7-4-9-11(16-7)14-10-8(13-9)3-6(12)5-15-10/h3-4H,2,5,12H2,1H3. The third-order valence-electron chi connectivity index (χ3n) is 2.45. The molecular formula is C11H11N3O2. The van der Waals surface area contributed by atoms with Crippen LogP contribution >= 0.6 is 0 Å². The minimum Gasteiger partial charge on any atom is -0.470 e. The van der Waals surface area contributed by atoms with Gasteiger partial charge in [-0.25, -0.2) is 4.98 Å². The molecule has 0 saturated carbocycles. The number of fused-ring (bicyclic) bond motifs is 2. The predicted octanol–water partition coefficient (Wildman–Crippen LogP) is 1.48. The van der Waals surface area contributed by atoms with Crippen LogP contribution in [0.15, 0.2) is 16.2 Å². The monoisotopic (exact) mass is 217 g/mol. The van der Waals surface area contributed by atoms with Gasteiger partial charge < -0.3 is 14.9 Å². The minimum absolute atomic E-state index is 0.356. The van der Waals surface area contributed by atoms with Gasteiger partial charge in [-0.1, -0.05) is 6.92 Å². The summed E-state index contributed by atoms with van der Waals surface area (Å²) in [5.74, 6) is 1.35. The first-order valence-corrected chi connectivity index (χ1v) is 5.15. The molecule has 2 N–H and O–H groups in total. The highest BCUT2D eigenvalue weighted by molar-refractivity contribution is 5.73. The first-order chi connectivity index (χ1) is 7.76. The molecule has 5 heteroatoms. The van der Waals surface area contributed by atoms with Gasteiger partial charge in [0.1, 0.15) is 23.6 Å². The first-order valence-electron chi connectivity index (χ1n) is 5.15. The average Bonchev–Trinajstić information content (AvgIpc) is 2.67. The summed E-state index contributed by atoms with van der Waals surface area (Å²) < 4.78 is 10.9. The molecule has 0 atom stereocenters. The van der Waals surface area contributed by atoms with Crippen molar-refractivity contribution in [2.24, 2.45) is 5.73 Å². The fourth-order valence-corrected chi connectivity index (χ4v) is 1.65. The van der Waals surface area contributed by atoms with Crippen LogP contribution in [0.2, 0.25) is 0 Å². The van der Waals surface area contributed by atoms with Crippen molar-refractivity contribution in [3.63, 3.8) is 0 Å². The summed E-state index contributed by atoms with van der Waals surface area (Å²) in [4.78, 5) is 8.66. The van der Waals surface area contributed by atoms with Crippen LogP contribution in [0.4, 0.5) is 0 Å². The molecule has 0 aliphatic carbocycles. The molecule has 2 aromatic rings. The van der Waals surface area contributed by atoms with Gasteiger partial charge >= 0.3 is 0 Å². The minimum atomic E-state index is 0.356. The number of aromatic nitrogens is 2. The number of ether oxygens (including phenoxy) is 1. The van der Waals surface area contributed by atoms with E-state index in [1.165, 1.54) is 0 Å². The molecule has 0 unspecified atom stereocenters. The Morgan fingerprint density at radius 2 is 2.31 bits per heavy atom. The van der Waals surface area contributed by atoms with Gasteiger partial charge in [0.25, 0.3) is 0 Å². The van der Waals surface area contributed by atoms with E-state index in [4.69, 9.17) is 14.9 Å². The summed E-state index contributed by atoms with van der Waals surface area (Å²) >= 11 is 0. The van der Waals surface area contributed by atoms with Crippen LogP contribution in [-0.4, -0.2) is 16.6 Å². The highest BCUT2D eigenvalue weighted by Crippen LogP contribution is 2.25. The second-order valence-corrected chi connectivity index (χ2v) is 3.68. The second kappa shape index (κ2) is 3.23. The van der Waals surface area contributed by atoms with Gasteiger partial charge in [-0.3, -0.25) is 0 Å². The molecule has 16 heavy (non-hydrogen) atoms. The van der Waals surface area contributed by atoms with Crippen LogP contribution in [-0.2, 0) is 6.42 Å². The topological polar surface area (TPSA) is 74.2 Å². The Morgan fingerprint density at radius 1 is 1.44 bits per heavy atom. The van der Waals surface area contributed by atoms with Crippen LogP contribution in [0.25, 0.3) is 17.3 Å². The van der Waals surface area contributed by atoms with Crippen LogP contribution in [0, 0.1) is 0 Å². The Hall–Kier alpha value is -2.04. The number of nitrogens with two attached hydrogens (primary N) is 1. The lowest BCUT2D eigenvalue weighted by Crippen LogP contribution is -2.15. The zero-order chi connectivity index (χ0) is 11.1. The Balaban J connectivity index is 2.22. The molecule has 0 amide bonds. The van der Waals surface area contributed by atoms with Crippen molar-refractivity contribution >= 4 is 17.3 Å². The lowest BCUT2D eigenvalue weighted by molar-refractivity contribution is 0.329. The molecule has 3 rings (SSSR count). The van der Waals surface area contributed by atoms with Crippen LogP contribution in [0.5, 0.6) is 5.88 Å². The van der Waals surface area contributed by atoms with E-state index in [-0.39, 0.29) is 0 Å². The Bertz CT molecular complexity index is 586. The van der Waals surface area contributed by atoms with E-state index in [2.05, 4.69) is 9.97 Å². The SMILES string of the molecule is CCc1cc2nc3c(nc2o1)OCC(N)=C3. The van der Waals surface area contributed by atoms with Crippen molar-refractivity contribution in [1.29, 1.82) is 0 Å². The molecule has 0 spiro atoms. The number of rotatable bonds is 1.